The molecule has 8 nitrogen and oxygen atoms in total. The van der Waals surface area contributed by atoms with Gasteiger partial charge < -0.3 is 15.2 Å². The predicted octanol–water partition coefficient (Wildman–Crippen LogP) is 5.01. The molecule has 2 aromatic carbocycles. The number of carbonyl (C=O) groups is 2. The van der Waals surface area contributed by atoms with E-state index in [1.807, 2.05) is 32.0 Å². The summed E-state index contributed by atoms with van der Waals surface area (Å²) < 4.78 is 13.6. The molecule has 0 saturated carbocycles. The van der Waals surface area contributed by atoms with E-state index in [1.165, 1.54) is 18.5 Å². The minimum atomic E-state index is -0.651. The first-order chi connectivity index (χ1) is 17.8. The molecule has 2 aromatic heterocycles. The van der Waals surface area contributed by atoms with Crippen molar-refractivity contribution in [1.82, 2.24) is 19.9 Å². The molecule has 37 heavy (non-hydrogen) atoms. The zero-order valence-electron chi connectivity index (χ0n) is 20.1. The number of rotatable bonds is 4. The average Bonchev–Trinajstić information content (AvgIpc) is 3.51. The predicted molar refractivity (Wildman–Crippen MR) is 138 cm³/mol. The van der Waals surface area contributed by atoms with Crippen molar-refractivity contribution >= 4 is 40.0 Å². The van der Waals surface area contributed by atoms with Crippen LogP contribution in [0.2, 0.25) is 5.02 Å². The van der Waals surface area contributed by atoms with Crippen LogP contribution in [0.25, 0.3) is 22.0 Å². The van der Waals surface area contributed by atoms with E-state index in [0.717, 1.165) is 34.1 Å². The number of anilines is 1. The molecule has 0 bridgehead atoms. The fourth-order valence-electron chi connectivity index (χ4n) is 4.77. The van der Waals surface area contributed by atoms with Crippen LogP contribution in [-0.2, 0) is 4.79 Å². The molecule has 2 N–H and O–H groups in total. The Labute approximate surface area is 217 Å². The Kier molecular flexibility index (Phi) is 6.36. The largest absolute Gasteiger partial charge is 0.349 e. The number of H-pyrrole nitrogens is 1. The van der Waals surface area contributed by atoms with Gasteiger partial charge in [-0.2, -0.15) is 5.26 Å². The number of amides is 2. The third-order valence-corrected chi connectivity index (χ3v) is 7.07. The smallest absolute Gasteiger partial charge is 0.271 e. The van der Waals surface area contributed by atoms with Crippen LogP contribution >= 0.6 is 11.6 Å². The molecule has 1 saturated heterocycles. The van der Waals surface area contributed by atoms with Crippen LogP contribution in [0.15, 0.2) is 42.7 Å². The molecule has 0 radical (unpaired) electrons. The van der Waals surface area contributed by atoms with Gasteiger partial charge in [0.2, 0.25) is 5.91 Å². The topological polar surface area (TPSA) is 115 Å². The van der Waals surface area contributed by atoms with E-state index < -0.39 is 11.7 Å². The summed E-state index contributed by atoms with van der Waals surface area (Å²) in [5.41, 5.74) is 4.51. The fourth-order valence-corrected chi connectivity index (χ4v) is 5.06. The lowest BCUT2D eigenvalue weighted by atomic mass is 10.0. The van der Waals surface area contributed by atoms with E-state index in [0.29, 0.717) is 29.1 Å². The number of carbonyl (C=O) groups excluding carboxylic acids is 2. The highest BCUT2D eigenvalue weighted by atomic mass is 35.5. The Hall–Kier alpha value is -4.29. The second-order valence-corrected chi connectivity index (χ2v) is 9.37. The first-order valence-electron chi connectivity index (χ1n) is 11.7. The summed E-state index contributed by atoms with van der Waals surface area (Å²) in [5.74, 6) is -1.70. The number of hydrogen-bond donors (Lipinski definition) is 2. The van der Waals surface area contributed by atoms with Crippen LogP contribution in [-0.4, -0.2) is 44.8 Å². The van der Waals surface area contributed by atoms with E-state index in [9.17, 15) is 14.0 Å². The molecule has 1 aliphatic rings. The van der Waals surface area contributed by atoms with Gasteiger partial charge in [0.05, 0.1) is 22.0 Å². The zero-order chi connectivity index (χ0) is 26.3. The fraction of sp³-hybridized carbons (Fsp3) is 0.222. The Morgan fingerprint density at radius 3 is 2.70 bits per heavy atom. The minimum absolute atomic E-state index is 0.152. The number of nitriles is 1. The maximum absolute atomic E-state index is 13.6. The van der Waals surface area contributed by atoms with Crippen molar-refractivity contribution in [2.75, 3.05) is 18.4 Å². The van der Waals surface area contributed by atoms with Crippen molar-refractivity contribution in [3.05, 3.63) is 76.2 Å². The molecule has 1 atom stereocenters. The number of aromatic nitrogens is 3. The summed E-state index contributed by atoms with van der Waals surface area (Å²) >= 11 is 6.67. The molecule has 3 heterocycles. The number of nitrogens with zero attached hydrogens (tertiary/aromatic N) is 4. The van der Waals surface area contributed by atoms with E-state index in [2.05, 4.69) is 20.3 Å². The maximum atomic E-state index is 13.6. The molecule has 4 aromatic rings. The summed E-state index contributed by atoms with van der Waals surface area (Å²) in [5, 5.41) is 12.8. The zero-order valence-corrected chi connectivity index (χ0v) is 20.9. The van der Waals surface area contributed by atoms with Crippen molar-refractivity contribution < 1.29 is 14.0 Å². The lowest BCUT2D eigenvalue weighted by molar-refractivity contribution is -0.119. The van der Waals surface area contributed by atoms with Gasteiger partial charge in [0.15, 0.2) is 0 Å². The molecule has 0 spiro atoms. The number of aryl methyl sites for hydroxylation is 2. The maximum Gasteiger partial charge on any atom is 0.271 e. The molecular formula is C27H22ClFN6O2. The first kappa shape index (κ1) is 24.4. The first-order valence-corrected chi connectivity index (χ1v) is 12.0. The lowest BCUT2D eigenvalue weighted by Gasteiger charge is -2.16. The Balaban J connectivity index is 1.38. The Bertz CT molecular complexity index is 1590. The molecule has 2 amide bonds. The van der Waals surface area contributed by atoms with Gasteiger partial charge in [0.1, 0.15) is 23.9 Å². The van der Waals surface area contributed by atoms with Gasteiger partial charge in [-0.3, -0.25) is 9.59 Å². The van der Waals surface area contributed by atoms with E-state index in [1.54, 1.807) is 11.0 Å². The quantitative estimate of drug-likeness (QED) is 0.396. The number of halogens is 2. The second kappa shape index (κ2) is 9.64. The van der Waals surface area contributed by atoms with Gasteiger partial charge >= 0.3 is 0 Å². The monoisotopic (exact) mass is 516 g/mol. The molecule has 10 heteroatoms. The summed E-state index contributed by atoms with van der Waals surface area (Å²) in [7, 11) is 0. The van der Waals surface area contributed by atoms with Crippen LogP contribution in [0, 0.1) is 36.9 Å². The molecule has 0 unspecified atom stereocenters. The standard InChI is InChI=1S/C27H22ClFN6O2/c1-14-22(15(2)32-13-31-14)19-4-3-5-20-23(28)25(34-24(19)20)27(37)35-9-8-16(12-35)26(36)33-18-6-7-21(29)17(10-18)11-30/h3-7,10,13,16,34H,8-9,12H2,1-2H3,(H,33,36)/t16-/m0/s1. The highest BCUT2D eigenvalue weighted by Crippen LogP contribution is 2.37. The van der Waals surface area contributed by atoms with Gasteiger partial charge in [-0.25, -0.2) is 14.4 Å². The summed E-state index contributed by atoms with van der Waals surface area (Å²) in [6.45, 7) is 4.40. The normalized spacial score (nSPS) is 15.1. The van der Waals surface area contributed by atoms with E-state index in [4.69, 9.17) is 16.9 Å². The third kappa shape index (κ3) is 4.41. The van der Waals surface area contributed by atoms with Gasteiger partial charge in [-0.05, 0) is 38.5 Å². The number of fused-ring (bicyclic) bond motifs is 1. The molecular weight excluding hydrogens is 495 g/mol. The summed E-state index contributed by atoms with van der Waals surface area (Å²) in [6.07, 6.45) is 1.98. The molecule has 186 valence electrons. The molecule has 0 aliphatic carbocycles. The Morgan fingerprint density at radius 1 is 1.22 bits per heavy atom. The van der Waals surface area contributed by atoms with Crippen LogP contribution in [0.1, 0.15) is 33.9 Å². The highest BCUT2D eigenvalue weighted by molar-refractivity contribution is 6.39. The number of hydrogen-bond acceptors (Lipinski definition) is 5. The number of nitrogens with one attached hydrogen (secondary N) is 2. The van der Waals surface area contributed by atoms with Crippen LogP contribution in [0.3, 0.4) is 0 Å². The van der Waals surface area contributed by atoms with Crippen LogP contribution in [0.5, 0.6) is 0 Å². The molecule has 5 rings (SSSR count). The van der Waals surface area contributed by atoms with Crippen molar-refractivity contribution in [2.24, 2.45) is 5.92 Å². The number of likely N-dealkylation sites (tertiary alicyclic amines) is 1. The van der Waals surface area contributed by atoms with Crippen LogP contribution < -0.4 is 5.32 Å². The minimum Gasteiger partial charge on any atom is -0.349 e. The van der Waals surface area contributed by atoms with Crippen molar-refractivity contribution in [1.29, 1.82) is 5.26 Å². The summed E-state index contributed by atoms with van der Waals surface area (Å²) in [4.78, 5) is 39.7. The third-order valence-electron chi connectivity index (χ3n) is 6.68. The number of aromatic amines is 1. The Morgan fingerprint density at radius 2 is 1.97 bits per heavy atom. The molecule has 1 aliphatic heterocycles. The van der Waals surface area contributed by atoms with E-state index >= 15 is 0 Å². The number of para-hydroxylation sites is 1. The van der Waals surface area contributed by atoms with Crippen LogP contribution in [0.4, 0.5) is 10.1 Å². The second-order valence-electron chi connectivity index (χ2n) is 8.99. The summed E-state index contributed by atoms with van der Waals surface area (Å²) in [6, 6.07) is 11.2. The van der Waals surface area contributed by atoms with Gasteiger partial charge in [0, 0.05) is 46.7 Å². The highest BCUT2D eigenvalue weighted by Gasteiger charge is 2.33. The van der Waals surface area contributed by atoms with Gasteiger partial charge in [0.25, 0.3) is 5.91 Å². The van der Waals surface area contributed by atoms with Crippen molar-refractivity contribution in [3.63, 3.8) is 0 Å². The van der Waals surface area contributed by atoms with Crippen molar-refractivity contribution in [3.8, 4) is 17.2 Å². The molecule has 1 fully saturated rings. The van der Waals surface area contributed by atoms with Crippen molar-refractivity contribution in [2.45, 2.75) is 20.3 Å². The average molecular weight is 517 g/mol. The SMILES string of the molecule is Cc1ncnc(C)c1-c1cccc2c(Cl)c(C(=O)N3CC[C@H](C(=O)Nc4ccc(F)c(C#N)c4)C3)[nH]c12. The lowest BCUT2D eigenvalue weighted by Crippen LogP contribution is -2.31. The van der Waals surface area contributed by atoms with Gasteiger partial charge in [-0.1, -0.05) is 29.8 Å². The van der Waals surface area contributed by atoms with Gasteiger partial charge in [-0.15, -0.1) is 0 Å². The number of benzene rings is 2. The van der Waals surface area contributed by atoms with E-state index in [-0.39, 0.29) is 29.6 Å².